The van der Waals surface area contributed by atoms with Crippen molar-refractivity contribution in [3.8, 4) is 0 Å². The van der Waals surface area contributed by atoms with Crippen molar-refractivity contribution in [2.24, 2.45) is 0 Å². The Balaban J connectivity index is 1.92. The fraction of sp³-hybridized carbons (Fsp3) is 0.316. The summed E-state index contributed by atoms with van der Waals surface area (Å²) in [5, 5.41) is 0.377. The molecule has 6 heteroatoms. The number of carbonyl (C=O) groups excluding carboxylic acids is 1. The second-order valence-electron chi connectivity index (χ2n) is 6.46. The molecule has 1 aliphatic rings. The SMILES string of the molecule is Cc1ccc(CN(C(=O)c2ccccc2Cl)C2CCS(=O)(=O)C2)cc1. The van der Waals surface area contributed by atoms with Crippen molar-refractivity contribution in [2.45, 2.75) is 25.9 Å². The van der Waals surface area contributed by atoms with Crippen molar-refractivity contribution in [2.75, 3.05) is 11.5 Å². The Kier molecular flexibility index (Phi) is 5.16. The van der Waals surface area contributed by atoms with Gasteiger partial charge in [0, 0.05) is 12.6 Å². The van der Waals surface area contributed by atoms with E-state index in [1.807, 2.05) is 31.2 Å². The normalized spacial score (nSPS) is 18.9. The highest BCUT2D eigenvalue weighted by Crippen LogP contribution is 2.25. The zero-order valence-electron chi connectivity index (χ0n) is 14.0. The van der Waals surface area contributed by atoms with Gasteiger partial charge in [0.15, 0.2) is 9.84 Å². The Morgan fingerprint density at radius 2 is 1.84 bits per heavy atom. The van der Waals surface area contributed by atoms with E-state index in [9.17, 15) is 13.2 Å². The third kappa shape index (κ3) is 4.22. The van der Waals surface area contributed by atoms with Crippen LogP contribution in [0.2, 0.25) is 5.02 Å². The number of aryl methyl sites for hydroxylation is 1. The molecule has 1 saturated heterocycles. The molecule has 1 fully saturated rings. The minimum absolute atomic E-state index is 0.00898. The molecule has 1 atom stereocenters. The zero-order valence-corrected chi connectivity index (χ0v) is 15.6. The second kappa shape index (κ2) is 7.18. The lowest BCUT2D eigenvalue weighted by Gasteiger charge is -2.29. The minimum Gasteiger partial charge on any atom is -0.330 e. The molecule has 1 amide bonds. The average molecular weight is 378 g/mol. The predicted molar refractivity (Wildman–Crippen MR) is 99.6 cm³/mol. The first-order valence-electron chi connectivity index (χ1n) is 8.17. The summed E-state index contributed by atoms with van der Waals surface area (Å²) in [6.07, 6.45) is 0.463. The predicted octanol–water partition coefficient (Wildman–Crippen LogP) is 3.48. The molecule has 0 aromatic heterocycles. The molecule has 0 spiro atoms. The molecule has 0 saturated carbocycles. The zero-order chi connectivity index (χ0) is 18.0. The van der Waals surface area contributed by atoms with Gasteiger partial charge in [-0.05, 0) is 31.0 Å². The van der Waals surface area contributed by atoms with Crippen LogP contribution in [-0.4, -0.2) is 36.8 Å². The lowest BCUT2D eigenvalue weighted by molar-refractivity contribution is 0.0681. The third-order valence-corrected chi connectivity index (χ3v) is 6.57. The number of rotatable bonds is 4. The Hall–Kier alpha value is -1.85. The van der Waals surface area contributed by atoms with Gasteiger partial charge in [-0.1, -0.05) is 53.6 Å². The molecule has 1 unspecified atom stereocenters. The number of hydrogen-bond donors (Lipinski definition) is 0. The summed E-state index contributed by atoms with van der Waals surface area (Å²) in [4.78, 5) is 14.7. The number of benzene rings is 2. The highest BCUT2D eigenvalue weighted by Gasteiger charge is 2.35. The van der Waals surface area contributed by atoms with Crippen LogP contribution < -0.4 is 0 Å². The maximum atomic E-state index is 13.1. The standard InChI is InChI=1S/C19H20ClNO3S/c1-14-6-8-15(9-7-14)12-21(16-10-11-25(23,24)13-16)19(22)17-4-2-3-5-18(17)20/h2-9,16H,10-13H2,1H3. The molecule has 0 radical (unpaired) electrons. The monoisotopic (exact) mass is 377 g/mol. The summed E-state index contributed by atoms with van der Waals surface area (Å²) >= 11 is 6.18. The summed E-state index contributed by atoms with van der Waals surface area (Å²) in [5.74, 6) is -0.0966. The van der Waals surface area contributed by atoms with Crippen molar-refractivity contribution in [1.29, 1.82) is 0 Å². The van der Waals surface area contributed by atoms with Gasteiger partial charge in [0.1, 0.15) is 0 Å². The summed E-state index contributed by atoms with van der Waals surface area (Å²) in [6, 6.07) is 14.4. The first-order valence-corrected chi connectivity index (χ1v) is 10.4. The molecular weight excluding hydrogens is 358 g/mol. The van der Waals surface area contributed by atoms with Crippen LogP contribution in [0.15, 0.2) is 48.5 Å². The first-order chi connectivity index (χ1) is 11.9. The van der Waals surface area contributed by atoms with Crippen molar-refractivity contribution in [3.63, 3.8) is 0 Å². The fourth-order valence-corrected chi connectivity index (χ4v) is 5.01. The van der Waals surface area contributed by atoms with Gasteiger partial charge < -0.3 is 4.90 Å². The number of halogens is 1. The van der Waals surface area contributed by atoms with E-state index in [0.29, 0.717) is 23.6 Å². The van der Waals surface area contributed by atoms with E-state index >= 15 is 0 Å². The Labute approximate surface area is 153 Å². The molecule has 132 valence electrons. The molecule has 0 bridgehead atoms. The van der Waals surface area contributed by atoms with E-state index < -0.39 is 9.84 Å². The number of nitrogens with zero attached hydrogens (tertiary/aromatic N) is 1. The van der Waals surface area contributed by atoms with Crippen molar-refractivity contribution >= 4 is 27.3 Å². The quantitative estimate of drug-likeness (QED) is 0.819. The lowest BCUT2D eigenvalue weighted by Crippen LogP contribution is -2.40. The fourth-order valence-electron chi connectivity index (χ4n) is 3.07. The molecule has 1 heterocycles. The molecule has 1 aliphatic heterocycles. The number of sulfone groups is 1. The summed E-state index contributed by atoms with van der Waals surface area (Å²) in [6.45, 7) is 2.37. The second-order valence-corrected chi connectivity index (χ2v) is 9.09. The number of amides is 1. The van der Waals surface area contributed by atoms with Gasteiger partial charge in [0.05, 0.1) is 22.1 Å². The van der Waals surface area contributed by atoms with E-state index in [-0.39, 0.29) is 23.5 Å². The lowest BCUT2D eigenvalue weighted by atomic mass is 10.1. The van der Waals surface area contributed by atoms with Crippen LogP contribution in [0.25, 0.3) is 0 Å². The van der Waals surface area contributed by atoms with Crippen LogP contribution in [0.3, 0.4) is 0 Å². The van der Waals surface area contributed by atoms with Crippen LogP contribution in [0.1, 0.15) is 27.9 Å². The molecule has 4 nitrogen and oxygen atoms in total. The van der Waals surface area contributed by atoms with Crippen LogP contribution in [0, 0.1) is 6.92 Å². The van der Waals surface area contributed by atoms with Crippen molar-refractivity contribution in [3.05, 3.63) is 70.2 Å². The molecule has 25 heavy (non-hydrogen) atoms. The summed E-state index contributed by atoms with van der Waals surface area (Å²) in [5.41, 5.74) is 2.51. The van der Waals surface area contributed by atoms with Gasteiger partial charge >= 0.3 is 0 Å². The third-order valence-electron chi connectivity index (χ3n) is 4.49. The van der Waals surface area contributed by atoms with Crippen LogP contribution in [-0.2, 0) is 16.4 Å². The van der Waals surface area contributed by atoms with Gasteiger partial charge in [0.25, 0.3) is 5.91 Å². The van der Waals surface area contributed by atoms with E-state index in [1.165, 1.54) is 0 Å². The van der Waals surface area contributed by atoms with Gasteiger partial charge in [-0.25, -0.2) is 8.42 Å². The smallest absolute Gasteiger partial charge is 0.255 e. The molecule has 2 aromatic carbocycles. The van der Waals surface area contributed by atoms with Gasteiger partial charge in [-0.2, -0.15) is 0 Å². The number of hydrogen-bond acceptors (Lipinski definition) is 3. The Morgan fingerprint density at radius 3 is 2.44 bits per heavy atom. The Morgan fingerprint density at radius 1 is 1.16 bits per heavy atom. The molecular formula is C19H20ClNO3S. The minimum atomic E-state index is -3.09. The maximum Gasteiger partial charge on any atom is 0.255 e. The van der Waals surface area contributed by atoms with Gasteiger partial charge in [-0.3, -0.25) is 4.79 Å². The number of carbonyl (C=O) groups is 1. The van der Waals surface area contributed by atoms with Crippen LogP contribution in [0.5, 0.6) is 0 Å². The van der Waals surface area contributed by atoms with E-state index in [0.717, 1.165) is 11.1 Å². The largest absolute Gasteiger partial charge is 0.330 e. The first kappa shape index (κ1) is 18.0. The molecule has 3 rings (SSSR count). The van der Waals surface area contributed by atoms with Crippen molar-refractivity contribution in [1.82, 2.24) is 4.90 Å². The van der Waals surface area contributed by atoms with E-state index in [4.69, 9.17) is 11.6 Å². The van der Waals surface area contributed by atoms with E-state index in [1.54, 1.807) is 29.2 Å². The van der Waals surface area contributed by atoms with Gasteiger partial charge in [-0.15, -0.1) is 0 Å². The summed E-state index contributed by atoms with van der Waals surface area (Å²) in [7, 11) is -3.09. The maximum absolute atomic E-state index is 13.1. The molecule has 2 aromatic rings. The molecule has 0 aliphatic carbocycles. The Bertz CT molecular complexity index is 878. The van der Waals surface area contributed by atoms with Crippen LogP contribution >= 0.6 is 11.6 Å². The summed E-state index contributed by atoms with van der Waals surface area (Å²) < 4.78 is 23.8. The highest BCUT2D eigenvalue weighted by molar-refractivity contribution is 7.91. The molecule has 0 N–H and O–H groups in total. The highest BCUT2D eigenvalue weighted by atomic mass is 35.5. The topological polar surface area (TPSA) is 54.5 Å². The van der Waals surface area contributed by atoms with Crippen molar-refractivity contribution < 1.29 is 13.2 Å². The average Bonchev–Trinajstić information content (AvgIpc) is 2.94. The van der Waals surface area contributed by atoms with Gasteiger partial charge in [0.2, 0.25) is 0 Å². The van der Waals surface area contributed by atoms with Crippen LogP contribution in [0.4, 0.5) is 0 Å². The van der Waals surface area contributed by atoms with E-state index in [2.05, 4.69) is 0 Å².